The zero-order chi connectivity index (χ0) is 21.3. The van der Waals surface area contributed by atoms with Crippen molar-refractivity contribution >= 4 is 9.39 Å². The summed E-state index contributed by atoms with van der Waals surface area (Å²) in [4.78, 5) is 0. The molecule has 30 heavy (non-hydrogen) atoms. The van der Waals surface area contributed by atoms with Gasteiger partial charge in [-0.1, -0.05) is 27.1 Å². The second-order valence-electron chi connectivity index (χ2n) is 8.34. The lowest BCUT2D eigenvalue weighted by Gasteiger charge is -2.34. The molecule has 0 saturated carbocycles. The van der Waals surface area contributed by atoms with Gasteiger partial charge in [0.25, 0.3) is 0 Å². The number of hydrogen-bond donors (Lipinski definition) is 2. The van der Waals surface area contributed by atoms with Crippen LogP contribution in [0.25, 0.3) is 0 Å². The minimum atomic E-state index is -0.719. The van der Waals surface area contributed by atoms with Crippen LogP contribution in [-0.2, 0) is 12.8 Å². The maximum absolute atomic E-state index is 13.3. The third-order valence-corrected chi connectivity index (χ3v) is 6.31. The fraction of sp³-hybridized carbons (Fsp3) is 0.478. The summed E-state index contributed by atoms with van der Waals surface area (Å²) >= 11 is 0. The number of ether oxygens (including phenoxy) is 2. The molecule has 7 heteroatoms. The Balaban J connectivity index is 1.28. The summed E-state index contributed by atoms with van der Waals surface area (Å²) in [5, 5.41) is 21.3. The van der Waals surface area contributed by atoms with Crippen molar-refractivity contribution < 1.29 is 24.1 Å². The van der Waals surface area contributed by atoms with Crippen LogP contribution in [0.5, 0.6) is 11.5 Å². The summed E-state index contributed by atoms with van der Waals surface area (Å²) in [5.41, 5.74) is 3.23. The largest absolute Gasteiger partial charge is 0.487 e. The van der Waals surface area contributed by atoms with Crippen LogP contribution in [0.1, 0.15) is 29.5 Å². The molecule has 0 aliphatic carbocycles. The van der Waals surface area contributed by atoms with Gasteiger partial charge in [0.2, 0.25) is 0 Å². The van der Waals surface area contributed by atoms with Gasteiger partial charge in [-0.2, -0.15) is 0 Å². The molecule has 5 nitrogen and oxygen atoms in total. The number of fused-ring (bicyclic) bond motifs is 2. The topological polar surface area (TPSA) is 62.2 Å². The van der Waals surface area contributed by atoms with Crippen LogP contribution < -0.4 is 9.47 Å². The van der Waals surface area contributed by atoms with E-state index in [1.807, 2.05) is 16.8 Å². The Kier molecular flexibility index (Phi) is 6.59. The lowest BCUT2D eigenvalue weighted by molar-refractivity contribution is -0.00755. The Morgan fingerprint density at radius 2 is 1.50 bits per heavy atom. The minimum absolute atomic E-state index is 0.270. The van der Waals surface area contributed by atoms with Crippen LogP contribution in [0.4, 0.5) is 4.39 Å². The number of aryl methyl sites for hydroxylation is 3. The molecule has 2 heterocycles. The first-order valence-corrected chi connectivity index (χ1v) is 11.0. The molecule has 0 amide bonds. The van der Waals surface area contributed by atoms with Gasteiger partial charge in [0.15, 0.2) is 0 Å². The summed E-state index contributed by atoms with van der Waals surface area (Å²) < 4.78 is 27.1. The van der Waals surface area contributed by atoms with Crippen LogP contribution in [0, 0.1) is 12.7 Å². The zero-order valence-corrected chi connectivity index (χ0v) is 18.3. The van der Waals surface area contributed by atoms with Gasteiger partial charge in [0, 0.05) is 13.1 Å². The van der Waals surface area contributed by atoms with Crippen molar-refractivity contribution in [1.82, 2.24) is 4.67 Å². The highest BCUT2D eigenvalue weighted by Crippen LogP contribution is 2.31. The van der Waals surface area contributed by atoms with E-state index in [4.69, 9.17) is 9.47 Å². The summed E-state index contributed by atoms with van der Waals surface area (Å²) in [7, 11) is 2.57. The number of aliphatic hydroxyl groups excluding tert-OH is 2. The SMILES string of the molecule is Cc1ccc2c(c1)CC[C@@H]([C@@H](O)CN(P)C[C@H](O)[C@H]1CCc3cc(F)ccc3O1)O2. The van der Waals surface area contributed by atoms with E-state index < -0.39 is 12.2 Å². The number of benzene rings is 2. The Morgan fingerprint density at radius 1 is 0.967 bits per heavy atom. The third kappa shape index (κ3) is 4.94. The van der Waals surface area contributed by atoms with Crippen molar-refractivity contribution in [3.05, 3.63) is 58.9 Å². The van der Waals surface area contributed by atoms with Crippen LogP contribution in [0.3, 0.4) is 0 Å². The normalized spacial score (nSPS) is 22.5. The lowest BCUT2D eigenvalue weighted by atomic mass is 9.97. The summed E-state index contributed by atoms with van der Waals surface area (Å²) in [6.45, 7) is 2.76. The summed E-state index contributed by atoms with van der Waals surface area (Å²) in [6, 6.07) is 10.6. The van der Waals surface area contributed by atoms with E-state index in [2.05, 4.69) is 22.4 Å². The number of aliphatic hydroxyl groups is 2. The van der Waals surface area contributed by atoms with E-state index in [1.54, 1.807) is 6.07 Å². The standard InChI is InChI=1S/C23H29FNO4P/c1-14-2-6-20-15(10-14)3-7-22(28-20)18(26)12-25(30)13-19(27)23-8-4-16-11-17(24)5-9-21(16)29-23/h2,5-6,9-11,18-19,22-23,26-27H,3-4,7-8,12-13,30H2,1H3/t18-,19-,22-,23+/m0/s1. The molecule has 2 aliphatic heterocycles. The Bertz CT molecular complexity index is 824. The van der Waals surface area contributed by atoms with Gasteiger partial charge < -0.3 is 19.7 Å². The van der Waals surface area contributed by atoms with Gasteiger partial charge in [0.05, 0.1) is 0 Å². The smallest absolute Gasteiger partial charge is 0.126 e. The molecule has 0 saturated heterocycles. The maximum Gasteiger partial charge on any atom is 0.126 e. The summed E-state index contributed by atoms with van der Waals surface area (Å²) in [6.07, 6.45) is 0.927. The van der Waals surface area contributed by atoms with E-state index in [1.165, 1.54) is 23.3 Å². The zero-order valence-electron chi connectivity index (χ0n) is 17.1. The Labute approximate surface area is 179 Å². The molecule has 2 N–H and O–H groups in total. The molecule has 2 aromatic carbocycles. The maximum atomic E-state index is 13.3. The molecule has 0 fully saturated rings. The molecule has 4 rings (SSSR count). The van der Waals surface area contributed by atoms with E-state index in [0.717, 1.165) is 24.2 Å². The average molecular weight is 433 g/mol. The highest BCUT2D eigenvalue weighted by Gasteiger charge is 2.30. The molecule has 0 radical (unpaired) electrons. The number of halogens is 1. The summed E-state index contributed by atoms with van der Waals surface area (Å²) in [5.74, 6) is 1.20. The van der Waals surface area contributed by atoms with Crippen molar-refractivity contribution in [3.63, 3.8) is 0 Å². The predicted molar refractivity (Wildman–Crippen MR) is 116 cm³/mol. The molecular weight excluding hydrogens is 404 g/mol. The molecule has 0 aromatic heterocycles. The first-order chi connectivity index (χ1) is 14.4. The van der Waals surface area contributed by atoms with E-state index in [9.17, 15) is 14.6 Å². The molecule has 162 valence electrons. The highest BCUT2D eigenvalue weighted by atomic mass is 31.0. The number of hydrogen-bond acceptors (Lipinski definition) is 5. The van der Waals surface area contributed by atoms with E-state index >= 15 is 0 Å². The third-order valence-electron chi connectivity index (χ3n) is 5.89. The molecule has 1 unspecified atom stereocenters. The van der Waals surface area contributed by atoms with Crippen LogP contribution in [-0.4, -0.2) is 52.4 Å². The number of nitrogens with zero attached hydrogens (tertiary/aromatic N) is 1. The van der Waals surface area contributed by atoms with Crippen molar-refractivity contribution in [1.29, 1.82) is 0 Å². The molecule has 2 aliphatic rings. The van der Waals surface area contributed by atoms with Crippen LogP contribution in [0.2, 0.25) is 0 Å². The Morgan fingerprint density at radius 3 is 2.10 bits per heavy atom. The van der Waals surface area contributed by atoms with Gasteiger partial charge >= 0.3 is 0 Å². The fourth-order valence-corrected chi connectivity index (χ4v) is 4.68. The van der Waals surface area contributed by atoms with E-state index in [-0.39, 0.29) is 18.0 Å². The van der Waals surface area contributed by atoms with E-state index in [0.29, 0.717) is 31.7 Å². The second-order valence-corrected chi connectivity index (χ2v) is 9.07. The molecule has 2 aromatic rings. The molecule has 0 bridgehead atoms. The first-order valence-electron chi connectivity index (χ1n) is 10.5. The molecule has 5 atom stereocenters. The highest BCUT2D eigenvalue weighted by molar-refractivity contribution is 7.13. The second kappa shape index (κ2) is 9.19. The molecule has 0 spiro atoms. The predicted octanol–water partition coefficient (Wildman–Crippen LogP) is 3.04. The molecular formula is C23H29FNO4P. The van der Waals surface area contributed by atoms with Gasteiger partial charge in [-0.05, 0) is 68.0 Å². The van der Waals surface area contributed by atoms with Gasteiger partial charge in [-0.15, -0.1) is 0 Å². The van der Waals surface area contributed by atoms with Gasteiger partial charge in [-0.3, -0.25) is 4.67 Å². The van der Waals surface area contributed by atoms with Crippen molar-refractivity contribution in [2.75, 3.05) is 13.1 Å². The van der Waals surface area contributed by atoms with Gasteiger partial charge in [0.1, 0.15) is 41.7 Å². The monoisotopic (exact) mass is 433 g/mol. The Hall–Kier alpha value is -1.72. The van der Waals surface area contributed by atoms with Gasteiger partial charge in [-0.25, -0.2) is 4.39 Å². The van der Waals surface area contributed by atoms with Crippen LogP contribution in [0.15, 0.2) is 36.4 Å². The number of rotatable bonds is 6. The van der Waals surface area contributed by atoms with Crippen molar-refractivity contribution in [3.8, 4) is 11.5 Å². The quantitative estimate of drug-likeness (QED) is 0.686. The minimum Gasteiger partial charge on any atom is -0.487 e. The van der Waals surface area contributed by atoms with Crippen LogP contribution >= 0.6 is 9.39 Å². The first kappa shape index (κ1) is 21.5. The lowest BCUT2D eigenvalue weighted by Crippen LogP contribution is -2.45. The average Bonchev–Trinajstić information content (AvgIpc) is 2.72. The van der Waals surface area contributed by atoms with Crippen molar-refractivity contribution in [2.24, 2.45) is 0 Å². The fourth-order valence-electron chi connectivity index (χ4n) is 4.25. The van der Waals surface area contributed by atoms with Crippen molar-refractivity contribution in [2.45, 2.75) is 57.0 Å².